The van der Waals surface area contributed by atoms with Crippen molar-refractivity contribution >= 4 is 32.2 Å². The summed E-state index contributed by atoms with van der Waals surface area (Å²) in [4.78, 5) is 11.5. The van der Waals surface area contributed by atoms with E-state index in [0.717, 1.165) is 17.6 Å². The number of nitrogens with zero attached hydrogens (tertiary/aromatic N) is 2. The summed E-state index contributed by atoms with van der Waals surface area (Å²) < 4.78 is 27.0. The molecule has 0 atom stereocenters. The van der Waals surface area contributed by atoms with Crippen LogP contribution in [0.1, 0.15) is 10.6 Å². The normalized spacial score (nSPS) is 11.4. The molecule has 0 unspecified atom stereocenters. The summed E-state index contributed by atoms with van der Waals surface area (Å²) in [5.41, 5.74) is 0. The van der Waals surface area contributed by atoms with Crippen LogP contribution < -0.4 is 5.32 Å². The lowest BCUT2D eigenvalue weighted by molar-refractivity contribution is 0.0996. The molecule has 0 fully saturated rings. The molecule has 1 N–H and O–H groups in total. The number of furan rings is 1. The van der Waals surface area contributed by atoms with Gasteiger partial charge in [-0.2, -0.15) is 0 Å². The molecule has 0 aliphatic heterocycles. The van der Waals surface area contributed by atoms with Gasteiger partial charge in [0.25, 0.3) is 5.91 Å². The lowest BCUT2D eigenvalue weighted by Gasteiger charge is -1.95. The molecule has 17 heavy (non-hydrogen) atoms. The summed E-state index contributed by atoms with van der Waals surface area (Å²) >= 11 is 0.782. The number of hydrogen-bond acceptors (Lipinski definition) is 7. The van der Waals surface area contributed by atoms with Crippen LogP contribution in [0, 0.1) is 0 Å². The molecule has 0 saturated heterocycles. The van der Waals surface area contributed by atoms with Crippen LogP contribution in [0.5, 0.6) is 0 Å². The number of aromatic nitrogens is 2. The van der Waals surface area contributed by atoms with E-state index in [0.29, 0.717) is 0 Å². The topological polar surface area (TPSA) is 102 Å². The third-order valence-corrected chi connectivity index (χ3v) is 4.20. The summed E-state index contributed by atoms with van der Waals surface area (Å²) in [5, 5.41) is 9.49. The van der Waals surface area contributed by atoms with Crippen molar-refractivity contribution < 1.29 is 17.6 Å². The molecule has 0 spiro atoms. The highest BCUT2D eigenvalue weighted by atomic mass is 32.2. The van der Waals surface area contributed by atoms with Gasteiger partial charge in [0.15, 0.2) is 5.76 Å². The van der Waals surface area contributed by atoms with Crippen molar-refractivity contribution in [3.63, 3.8) is 0 Å². The predicted octanol–water partition coefficient (Wildman–Crippen LogP) is 0.787. The highest BCUT2D eigenvalue weighted by Crippen LogP contribution is 2.20. The second-order valence-electron chi connectivity index (χ2n) is 3.08. The molecule has 0 radical (unpaired) electrons. The Bertz CT molecular complexity index is 630. The molecule has 1 amide bonds. The second-order valence-corrected chi connectivity index (χ2v) is 6.24. The molecule has 0 aliphatic carbocycles. The smallest absolute Gasteiger partial charge is 0.293 e. The third-order valence-electron chi connectivity index (χ3n) is 1.69. The van der Waals surface area contributed by atoms with Gasteiger partial charge >= 0.3 is 0 Å². The number of sulfone groups is 1. The zero-order chi connectivity index (χ0) is 12.5. The van der Waals surface area contributed by atoms with E-state index in [2.05, 4.69) is 15.5 Å². The zero-order valence-corrected chi connectivity index (χ0v) is 10.2. The van der Waals surface area contributed by atoms with Gasteiger partial charge in [0.05, 0.1) is 6.26 Å². The monoisotopic (exact) mass is 273 g/mol. The van der Waals surface area contributed by atoms with Gasteiger partial charge in [0.2, 0.25) is 19.3 Å². The average molecular weight is 273 g/mol. The van der Waals surface area contributed by atoms with Crippen molar-refractivity contribution in [2.75, 3.05) is 11.6 Å². The first kappa shape index (κ1) is 11.7. The van der Waals surface area contributed by atoms with Gasteiger partial charge in [0.1, 0.15) is 0 Å². The number of anilines is 1. The Morgan fingerprint density at radius 1 is 1.47 bits per heavy atom. The van der Waals surface area contributed by atoms with E-state index in [1.165, 1.54) is 12.3 Å². The number of rotatable bonds is 3. The van der Waals surface area contributed by atoms with Gasteiger partial charge < -0.3 is 4.42 Å². The van der Waals surface area contributed by atoms with E-state index in [1.54, 1.807) is 6.07 Å². The van der Waals surface area contributed by atoms with Gasteiger partial charge in [-0.25, -0.2) is 8.42 Å². The fraction of sp³-hybridized carbons (Fsp3) is 0.125. The van der Waals surface area contributed by atoms with E-state index < -0.39 is 15.7 Å². The van der Waals surface area contributed by atoms with E-state index in [1.807, 2.05) is 0 Å². The largest absolute Gasteiger partial charge is 0.459 e. The number of amides is 1. The highest BCUT2D eigenvalue weighted by molar-refractivity contribution is 7.92. The van der Waals surface area contributed by atoms with Crippen molar-refractivity contribution in [2.24, 2.45) is 0 Å². The minimum Gasteiger partial charge on any atom is -0.459 e. The van der Waals surface area contributed by atoms with Gasteiger partial charge in [0, 0.05) is 6.26 Å². The number of carbonyl (C=O) groups excluding carboxylic acids is 1. The quantitative estimate of drug-likeness (QED) is 0.829. The maximum atomic E-state index is 11.5. The predicted molar refractivity (Wildman–Crippen MR) is 59.7 cm³/mol. The van der Waals surface area contributed by atoms with Gasteiger partial charge in [-0.15, -0.1) is 10.2 Å². The van der Waals surface area contributed by atoms with Crippen LogP contribution in [0.15, 0.2) is 27.2 Å². The van der Waals surface area contributed by atoms with Crippen LogP contribution in [0.4, 0.5) is 5.13 Å². The molecule has 0 bridgehead atoms. The lowest BCUT2D eigenvalue weighted by atomic mass is 10.4. The minimum atomic E-state index is -3.40. The standard InChI is InChI=1S/C8H7N3O4S2/c1-17(13,14)8-11-10-7(16-8)9-6(12)5-3-2-4-15-5/h2-4H,1H3,(H,9,10,12). The maximum absolute atomic E-state index is 11.5. The molecule has 0 aromatic carbocycles. The fourth-order valence-electron chi connectivity index (χ4n) is 0.977. The van der Waals surface area contributed by atoms with E-state index in [9.17, 15) is 13.2 Å². The number of hydrogen-bond donors (Lipinski definition) is 1. The first-order valence-electron chi connectivity index (χ1n) is 4.35. The summed E-state index contributed by atoms with van der Waals surface area (Å²) in [7, 11) is -3.40. The van der Waals surface area contributed by atoms with Crippen LogP contribution in [-0.2, 0) is 9.84 Å². The first-order valence-corrected chi connectivity index (χ1v) is 7.06. The Hall–Kier alpha value is -1.74. The maximum Gasteiger partial charge on any atom is 0.293 e. The Morgan fingerprint density at radius 2 is 2.24 bits per heavy atom. The summed E-state index contributed by atoms with van der Waals surface area (Å²) in [5.74, 6) is -0.396. The zero-order valence-electron chi connectivity index (χ0n) is 8.58. The fourth-order valence-corrected chi connectivity index (χ4v) is 2.48. The van der Waals surface area contributed by atoms with Crippen LogP contribution >= 0.6 is 11.3 Å². The number of carbonyl (C=O) groups is 1. The Balaban J connectivity index is 2.15. The van der Waals surface area contributed by atoms with Gasteiger partial charge in [-0.05, 0) is 12.1 Å². The minimum absolute atomic E-state index is 0.104. The molecule has 2 aromatic rings. The average Bonchev–Trinajstić information content (AvgIpc) is 2.85. The van der Waals surface area contributed by atoms with E-state index in [4.69, 9.17) is 4.42 Å². The second kappa shape index (κ2) is 4.26. The SMILES string of the molecule is CS(=O)(=O)c1nnc(NC(=O)c2ccco2)s1. The molecular formula is C8H7N3O4S2. The van der Waals surface area contributed by atoms with Crippen LogP contribution in [-0.4, -0.2) is 30.8 Å². The molecule has 0 saturated carbocycles. The molecule has 2 aromatic heterocycles. The summed E-state index contributed by atoms with van der Waals surface area (Å²) in [6, 6.07) is 3.05. The van der Waals surface area contributed by atoms with Crippen LogP contribution in [0.2, 0.25) is 0 Å². The molecule has 2 rings (SSSR count). The summed E-state index contributed by atoms with van der Waals surface area (Å²) in [6.07, 6.45) is 2.38. The Labute approximate surface area is 100 Å². The van der Waals surface area contributed by atoms with Crippen molar-refractivity contribution in [2.45, 2.75) is 4.34 Å². The van der Waals surface area contributed by atoms with Crippen LogP contribution in [0.25, 0.3) is 0 Å². The third kappa shape index (κ3) is 2.68. The van der Waals surface area contributed by atoms with Gasteiger partial charge in [-0.1, -0.05) is 11.3 Å². The van der Waals surface area contributed by atoms with Crippen molar-refractivity contribution in [3.8, 4) is 0 Å². The molecule has 9 heteroatoms. The number of nitrogens with one attached hydrogen (secondary N) is 1. The molecule has 90 valence electrons. The molecular weight excluding hydrogens is 266 g/mol. The van der Waals surface area contributed by atoms with E-state index >= 15 is 0 Å². The molecule has 2 heterocycles. The van der Waals surface area contributed by atoms with Crippen LogP contribution in [0.3, 0.4) is 0 Å². The van der Waals surface area contributed by atoms with E-state index in [-0.39, 0.29) is 15.2 Å². The lowest BCUT2D eigenvalue weighted by Crippen LogP contribution is -2.10. The molecule has 7 nitrogen and oxygen atoms in total. The van der Waals surface area contributed by atoms with Crippen molar-refractivity contribution in [1.29, 1.82) is 0 Å². The first-order chi connectivity index (χ1) is 7.97. The van der Waals surface area contributed by atoms with Crippen molar-refractivity contribution in [3.05, 3.63) is 24.2 Å². The molecule has 0 aliphatic rings. The van der Waals surface area contributed by atoms with Crippen molar-refractivity contribution in [1.82, 2.24) is 10.2 Å². The van der Waals surface area contributed by atoms with Gasteiger partial charge in [-0.3, -0.25) is 10.1 Å². The Kier molecular flexibility index (Phi) is 2.94. The summed E-state index contributed by atoms with van der Waals surface area (Å²) in [6.45, 7) is 0. The Morgan fingerprint density at radius 3 is 2.76 bits per heavy atom. The highest BCUT2D eigenvalue weighted by Gasteiger charge is 2.17.